The van der Waals surface area contributed by atoms with Gasteiger partial charge in [-0.05, 0) is 5.56 Å². The van der Waals surface area contributed by atoms with Crippen molar-refractivity contribution in [3.63, 3.8) is 0 Å². The lowest BCUT2D eigenvalue weighted by Crippen LogP contribution is -2.35. The highest BCUT2D eigenvalue weighted by Gasteiger charge is 2.42. The SMILES string of the molecule is OC[C@H]1OC(Br)[C@@H](OCc2ccccc2)[C@@H]1O. The average Bonchev–Trinajstić information content (AvgIpc) is 2.63. The summed E-state index contributed by atoms with van der Waals surface area (Å²) in [6.07, 6.45) is -1.86. The molecule has 5 heteroatoms. The van der Waals surface area contributed by atoms with Gasteiger partial charge in [-0.1, -0.05) is 46.3 Å². The predicted octanol–water partition coefficient (Wildman–Crippen LogP) is 1.04. The van der Waals surface area contributed by atoms with Crippen LogP contribution in [0.1, 0.15) is 5.56 Å². The molecular formula is C12H15BrO4. The largest absolute Gasteiger partial charge is 0.394 e. The van der Waals surface area contributed by atoms with E-state index in [0.717, 1.165) is 5.56 Å². The molecule has 0 aliphatic carbocycles. The smallest absolute Gasteiger partial charge is 0.141 e. The Balaban J connectivity index is 1.91. The van der Waals surface area contributed by atoms with Crippen LogP contribution in [-0.4, -0.2) is 40.1 Å². The van der Waals surface area contributed by atoms with Crippen LogP contribution in [0.3, 0.4) is 0 Å². The van der Waals surface area contributed by atoms with Gasteiger partial charge in [-0.15, -0.1) is 0 Å². The van der Waals surface area contributed by atoms with Crippen molar-refractivity contribution in [2.24, 2.45) is 0 Å². The van der Waals surface area contributed by atoms with E-state index in [1.807, 2.05) is 30.3 Å². The van der Waals surface area contributed by atoms with Gasteiger partial charge in [-0.25, -0.2) is 0 Å². The van der Waals surface area contributed by atoms with Gasteiger partial charge in [0.05, 0.1) is 13.2 Å². The summed E-state index contributed by atoms with van der Waals surface area (Å²) in [5.41, 5.74) is 1.03. The minimum atomic E-state index is -0.812. The molecule has 17 heavy (non-hydrogen) atoms. The van der Waals surface area contributed by atoms with Crippen molar-refractivity contribution in [3.05, 3.63) is 35.9 Å². The number of aliphatic hydroxyl groups excluding tert-OH is 2. The molecular weight excluding hydrogens is 288 g/mol. The molecule has 0 amide bonds. The fourth-order valence-corrected chi connectivity index (χ4v) is 2.53. The van der Waals surface area contributed by atoms with E-state index in [1.54, 1.807) is 0 Å². The number of benzene rings is 1. The summed E-state index contributed by atoms with van der Waals surface area (Å²) in [5, 5.41) is 18.5. The Kier molecular flexibility index (Phi) is 4.53. The molecule has 0 radical (unpaired) electrons. The lowest BCUT2D eigenvalue weighted by Gasteiger charge is -2.17. The maximum Gasteiger partial charge on any atom is 0.141 e. The van der Waals surface area contributed by atoms with Gasteiger partial charge in [0.1, 0.15) is 23.3 Å². The molecule has 1 aliphatic rings. The highest BCUT2D eigenvalue weighted by Crippen LogP contribution is 2.28. The zero-order valence-corrected chi connectivity index (χ0v) is 10.8. The van der Waals surface area contributed by atoms with Crippen LogP contribution in [0.2, 0.25) is 0 Å². The van der Waals surface area contributed by atoms with Crippen LogP contribution in [-0.2, 0) is 16.1 Å². The summed E-state index contributed by atoms with van der Waals surface area (Å²) in [5.74, 6) is 0. The zero-order chi connectivity index (χ0) is 12.3. The lowest BCUT2D eigenvalue weighted by atomic mass is 10.1. The van der Waals surface area contributed by atoms with Crippen molar-refractivity contribution in [1.82, 2.24) is 0 Å². The Labute approximate surface area is 108 Å². The van der Waals surface area contributed by atoms with Crippen LogP contribution in [0.25, 0.3) is 0 Å². The van der Waals surface area contributed by atoms with Crippen molar-refractivity contribution in [2.45, 2.75) is 29.9 Å². The molecule has 0 saturated carbocycles. The van der Waals surface area contributed by atoms with Crippen molar-refractivity contribution < 1.29 is 19.7 Å². The number of halogens is 1. The van der Waals surface area contributed by atoms with Crippen molar-refractivity contribution in [3.8, 4) is 0 Å². The molecule has 0 aromatic heterocycles. The normalized spacial score (nSPS) is 32.9. The van der Waals surface area contributed by atoms with Crippen LogP contribution in [0.4, 0.5) is 0 Å². The van der Waals surface area contributed by atoms with Crippen LogP contribution in [0.15, 0.2) is 30.3 Å². The van der Waals surface area contributed by atoms with E-state index in [1.165, 1.54) is 0 Å². The Bertz CT molecular complexity index is 346. The number of aliphatic hydroxyl groups is 2. The predicted molar refractivity (Wildman–Crippen MR) is 65.7 cm³/mol. The fourth-order valence-electron chi connectivity index (χ4n) is 1.78. The minimum absolute atomic E-state index is 0.214. The van der Waals surface area contributed by atoms with Gasteiger partial charge < -0.3 is 19.7 Å². The van der Waals surface area contributed by atoms with E-state index in [4.69, 9.17) is 14.6 Å². The first-order valence-corrected chi connectivity index (χ1v) is 6.38. The molecule has 94 valence electrons. The minimum Gasteiger partial charge on any atom is -0.394 e. The van der Waals surface area contributed by atoms with Crippen LogP contribution >= 0.6 is 15.9 Å². The number of hydrogen-bond donors (Lipinski definition) is 2. The standard InChI is InChI=1S/C12H15BrO4/c13-12-11(10(15)9(6-14)17-12)16-7-8-4-2-1-3-5-8/h1-5,9-12,14-15H,6-7H2/t9-,10-,11+,12?/m1/s1. The summed E-state index contributed by atoms with van der Waals surface area (Å²) < 4.78 is 10.9. The monoisotopic (exact) mass is 302 g/mol. The molecule has 4 atom stereocenters. The Morgan fingerprint density at radius 3 is 2.59 bits per heavy atom. The Morgan fingerprint density at radius 2 is 2.00 bits per heavy atom. The highest BCUT2D eigenvalue weighted by molar-refractivity contribution is 9.09. The number of hydrogen-bond acceptors (Lipinski definition) is 4. The number of rotatable bonds is 4. The Hall–Kier alpha value is -0.460. The molecule has 0 spiro atoms. The summed E-state index contributed by atoms with van der Waals surface area (Å²) in [6.45, 7) is 0.195. The van der Waals surface area contributed by atoms with Crippen LogP contribution in [0.5, 0.6) is 0 Å². The van der Waals surface area contributed by atoms with Gasteiger partial charge in [0.25, 0.3) is 0 Å². The fraction of sp³-hybridized carbons (Fsp3) is 0.500. The van der Waals surface area contributed by atoms with Crippen molar-refractivity contribution in [1.29, 1.82) is 0 Å². The van der Waals surface area contributed by atoms with Crippen LogP contribution in [0, 0.1) is 0 Å². The van der Waals surface area contributed by atoms with Gasteiger partial charge in [-0.3, -0.25) is 0 Å². The molecule has 4 nitrogen and oxygen atoms in total. The molecule has 1 aliphatic heterocycles. The summed E-state index contributed by atoms with van der Waals surface area (Å²) in [4.78, 5) is 0. The molecule has 2 rings (SSSR count). The highest BCUT2D eigenvalue weighted by atomic mass is 79.9. The first kappa shape index (κ1) is 13.0. The van der Waals surface area contributed by atoms with Gasteiger partial charge in [-0.2, -0.15) is 0 Å². The van der Waals surface area contributed by atoms with E-state index in [0.29, 0.717) is 6.61 Å². The summed E-state index contributed by atoms with van der Waals surface area (Å²) >= 11 is 3.28. The quantitative estimate of drug-likeness (QED) is 0.816. The maximum absolute atomic E-state index is 9.86. The zero-order valence-electron chi connectivity index (χ0n) is 9.20. The maximum atomic E-state index is 9.86. The van der Waals surface area contributed by atoms with Crippen molar-refractivity contribution in [2.75, 3.05) is 6.61 Å². The summed E-state index contributed by atoms with van der Waals surface area (Å²) in [6, 6.07) is 9.71. The Morgan fingerprint density at radius 1 is 1.29 bits per heavy atom. The first-order valence-electron chi connectivity index (χ1n) is 5.46. The van der Waals surface area contributed by atoms with E-state index in [2.05, 4.69) is 15.9 Å². The number of alkyl halides is 1. The third-order valence-electron chi connectivity index (χ3n) is 2.75. The molecule has 1 unspecified atom stereocenters. The third kappa shape index (κ3) is 3.05. The molecule has 1 aromatic carbocycles. The van der Waals surface area contributed by atoms with Gasteiger partial charge in [0.15, 0.2) is 0 Å². The second-order valence-corrected chi connectivity index (χ2v) is 4.86. The third-order valence-corrected chi connectivity index (χ3v) is 3.48. The van der Waals surface area contributed by atoms with E-state index >= 15 is 0 Å². The molecule has 2 N–H and O–H groups in total. The van der Waals surface area contributed by atoms with Crippen molar-refractivity contribution >= 4 is 15.9 Å². The molecule has 1 saturated heterocycles. The molecule has 0 bridgehead atoms. The van der Waals surface area contributed by atoms with E-state index < -0.39 is 23.3 Å². The number of ether oxygens (including phenoxy) is 2. The second-order valence-electron chi connectivity index (χ2n) is 3.96. The van der Waals surface area contributed by atoms with E-state index in [9.17, 15) is 5.11 Å². The average molecular weight is 303 g/mol. The summed E-state index contributed by atoms with van der Waals surface area (Å²) in [7, 11) is 0. The first-order chi connectivity index (χ1) is 8.22. The van der Waals surface area contributed by atoms with Gasteiger partial charge in [0, 0.05) is 0 Å². The lowest BCUT2D eigenvalue weighted by molar-refractivity contribution is -0.0348. The van der Waals surface area contributed by atoms with Crippen LogP contribution < -0.4 is 0 Å². The second kappa shape index (κ2) is 5.93. The van der Waals surface area contributed by atoms with E-state index in [-0.39, 0.29) is 6.61 Å². The topological polar surface area (TPSA) is 58.9 Å². The van der Waals surface area contributed by atoms with Gasteiger partial charge in [0.2, 0.25) is 0 Å². The molecule has 1 aromatic rings. The molecule has 1 heterocycles. The van der Waals surface area contributed by atoms with Gasteiger partial charge >= 0.3 is 0 Å². The molecule has 1 fully saturated rings.